The average molecular weight is 428 g/mol. The number of nitrogens with zero attached hydrogens (tertiary/aromatic N) is 2. The van der Waals surface area contributed by atoms with Gasteiger partial charge in [-0.3, -0.25) is 14.5 Å². The summed E-state index contributed by atoms with van der Waals surface area (Å²) in [4.78, 5) is 30.1. The lowest BCUT2D eigenvalue weighted by Gasteiger charge is -2.30. The highest BCUT2D eigenvalue weighted by Gasteiger charge is 2.34. The van der Waals surface area contributed by atoms with Gasteiger partial charge in [-0.05, 0) is 37.2 Å². The molecule has 0 bridgehead atoms. The zero-order chi connectivity index (χ0) is 18.2. The second-order valence-corrected chi connectivity index (χ2v) is 7.11. The summed E-state index contributed by atoms with van der Waals surface area (Å²) in [6.45, 7) is 1.58. The summed E-state index contributed by atoms with van der Waals surface area (Å²) >= 11 is 8.65. The van der Waals surface area contributed by atoms with E-state index in [0.717, 1.165) is 23.7 Å². The van der Waals surface area contributed by atoms with Crippen molar-refractivity contribution in [2.45, 2.75) is 25.7 Å². The zero-order valence-electron chi connectivity index (χ0n) is 14.2. The summed E-state index contributed by atoms with van der Waals surface area (Å²) in [5, 5.41) is 3.11. The number of halogens is 1. The van der Waals surface area contributed by atoms with E-state index < -0.39 is 0 Å². The van der Waals surface area contributed by atoms with Crippen LogP contribution < -0.4 is 5.32 Å². The number of amides is 2. The molecule has 1 aliphatic carbocycles. The van der Waals surface area contributed by atoms with Crippen molar-refractivity contribution in [2.75, 3.05) is 26.8 Å². The molecule has 0 aromatic carbocycles. The molecule has 6 nitrogen and oxygen atoms in total. The number of rotatable bonds is 9. The first kappa shape index (κ1) is 19.9. The lowest BCUT2D eigenvalue weighted by molar-refractivity contribution is -0.128. The smallest absolute Gasteiger partial charge is 0.241 e. The monoisotopic (exact) mass is 427 g/mol. The Kier molecular flexibility index (Phi) is 7.92. The Morgan fingerprint density at radius 1 is 1.40 bits per heavy atom. The molecule has 2 rings (SSSR count). The molecule has 0 saturated carbocycles. The maximum Gasteiger partial charge on any atom is 0.241 e. The standard InChI is InChI=1S/C17H22BrN3O3S/c1-24-10-8-19-15(22)5-3-2-4-9-21-16(23)13-11-12(18)6-7-14(13)20-17(21)25/h6-7,11,13H,2-5,8-10H2,1H3,(H,19,22). The second-order valence-electron chi connectivity index (χ2n) is 5.83. The maximum atomic E-state index is 12.6. The number of nitrogens with one attached hydrogen (secondary N) is 1. The number of hydrogen-bond donors (Lipinski definition) is 1. The number of carbonyl (C=O) groups excluding carboxylic acids is 2. The third kappa shape index (κ3) is 5.83. The molecular formula is C17H22BrN3O3S. The number of hydrogen-bond acceptors (Lipinski definition) is 4. The van der Waals surface area contributed by atoms with Gasteiger partial charge in [-0.15, -0.1) is 0 Å². The molecule has 0 fully saturated rings. The highest BCUT2D eigenvalue weighted by molar-refractivity contribution is 9.11. The van der Waals surface area contributed by atoms with Gasteiger partial charge in [0.1, 0.15) is 5.92 Å². The zero-order valence-corrected chi connectivity index (χ0v) is 16.6. The quantitative estimate of drug-likeness (QED) is 0.452. The van der Waals surface area contributed by atoms with Crippen LogP contribution in [-0.4, -0.2) is 54.3 Å². The Morgan fingerprint density at radius 2 is 2.20 bits per heavy atom. The summed E-state index contributed by atoms with van der Waals surface area (Å²) in [5.41, 5.74) is 0.696. The van der Waals surface area contributed by atoms with Gasteiger partial charge in [-0.25, -0.2) is 4.99 Å². The molecule has 0 spiro atoms. The van der Waals surface area contributed by atoms with Gasteiger partial charge in [0.2, 0.25) is 16.9 Å². The van der Waals surface area contributed by atoms with Crippen molar-refractivity contribution >= 4 is 50.8 Å². The van der Waals surface area contributed by atoms with E-state index in [0.29, 0.717) is 36.9 Å². The Balaban J connectivity index is 1.73. The van der Waals surface area contributed by atoms with E-state index in [-0.39, 0.29) is 17.7 Å². The lowest BCUT2D eigenvalue weighted by atomic mass is 9.95. The normalized spacial score (nSPS) is 19.4. The highest BCUT2D eigenvalue weighted by Crippen LogP contribution is 2.25. The van der Waals surface area contributed by atoms with Crippen molar-refractivity contribution in [1.82, 2.24) is 10.2 Å². The summed E-state index contributed by atoms with van der Waals surface area (Å²) in [5.74, 6) is -0.369. The van der Waals surface area contributed by atoms with Crippen molar-refractivity contribution < 1.29 is 14.3 Å². The molecule has 0 aromatic heterocycles. The van der Waals surface area contributed by atoms with Crippen molar-refractivity contribution in [2.24, 2.45) is 10.9 Å². The van der Waals surface area contributed by atoms with Gasteiger partial charge in [0, 0.05) is 31.1 Å². The predicted molar refractivity (Wildman–Crippen MR) is 105 cm³/mol. The Labute approximate surface area is 161 Å². The fourth-order valence-corrected chi connectivity index (χ4v) is 3.31. The van der Waals surface area contributed by atoms with Crippen molar-refractivity contribution in [3.63, 3.8) is 0 Å². The first-order valence-corrected chi connectivity index (χ1v) is 9.48. The number of ether oxygens (including phenoxy) is 1. The van der Waals surface area contributed by atoms with E-state index in [1.165, 1.54) is 0 Å². The summed E-state index contributed by atoms with van der Waals surface area (Å²) in [6.07, 6.45) is 8.42. The molecule has 0 aromatic rings. The third-order valence-electron chi connectivity index (χ3n) is 3.96. The molecule has 1 unspecified atom stereocenters. The molecule has 1 heterocycles. The Hall–Kier alpha value is -1.38. The second kappa shape index (κ2) is 9.94. The molecular weight excluding hydrogens is 406 g/mol. The van der Waals surface area contributed by atoms with Crippen LogP contribution in [0.5, 0.6) is 0 Å². The van der Waals surface area contributed by atoms with E-state index in [4.69, 9.17) is 17.0 Å². The van der Waals surface area contributed by atoms with E-state index >= 15 is 0 Å². The van der Waals surface area contributed by atoms with Gasteiger partial charge in [0.05, 0.1) is 12.3 Å². The third-order valence-corrected chi connectivity index (χ3v) is 4.80. The first-order chi connectivity index (χ1) is 12.0. The summed E-state index contributed by atoms with van der Waals surface area (Å²) in [6, 6.07) is 0. The van der Waals surface area contributed by atoms with Crippen LogP contribution in [0.15, 0.2) is 27.7 Å². The van der Waals surface area contributed by atoms with E-state index in [2.05, 4.69) is 26.2 Å². The molecule has 1 atom stereocenters. The van der Waals surface area contributed by atoms with Crippen LogP contribution in [0.25, 0.3) is 0 Å². The van der Waals surface area contributed by atoms with E-state index in [1.807, 2.05) is 18.2 Å². The van der Waals surface area contributed by atoms with Crippen molar-refractivity contribution in [3.05, 3.63) is 22.7 Å². The van der Waals surface area contributed by atoms with Gasteiger partial charge < -0.3 is 10.1 Å². The number of allylic oxidation sites excluding steroid dienone is 3. The topological polar surface area (TPSA) is 71.0 Å². The lowest BCUT2D eigenvalue weighted by Crippen LogP contribution is -2.46. The van der Waals surface area contributed by atoms with Gasteiger partial charge in [0.25, 0.3) is 0 Å². The van der Waals surface area contributed by atoms with Crippen LogP contribution in [0.4, 0.5) is 0 Å². The maximum absolute atomic E-state index is 12.6. The predicted octanol–water partition coefficient (Wildman–Crippen LogP) is 2.34. The van der Waals surface area contributed by atoms with E-state index in [9.17, 15) is 9.59 Å². The number of thiocarbonyl (C=S) groups is 1. The largest absolute Gasteiger partial charge is 0.383 e. The number of methoxy groups -OCH3 is 1. The molecule has 25 heavy (non-hydrogen) atoms. The van der Waals surface area contributed by atoms with Crippen LogP contribution in [0, 0.1) is 5.92 Å². The molecule has 1 aliphatic heterocycles. The highest BCUT2D eigenvalue weighted by atomic mass is 79.9. The molecule has 136 valence electrons. The summed E-state index contributed by atoms with van der Waals surface area (Å²) < 4.78 is 5.75. The minimum atomic E-state index is -0.363. The van der Waals surface area contributed by atoms with Gasteiger partial charge in [-0.2, -0.15) is 0 Å². The minimum Gasteiger partial charge on any atom is -0.383 e. The average Bonchev–Trinajstić information content (AvgIpc) is 2.58. The van der Waals surface area contributed by atoms with Gasteiger partial charge in [-0.1, -0.05) is 28.4 Å². The summed E-state index contributed by atoms with van der Waals surface area (Å²) in [7, 11) is 1.60. The number of aliphatic imine (C=N–C) groups is 1. The molecule has 2 aliphatic rings. The molecule has 2 amide bonds. The Morgan fingerprint density at radius 3 is 2.96 bits per heavy atom. The number of fused-ring (bicyclic) bond motifs is 1. The van der Waals surface area contributed by atoms with Crippen LogP contribution in [0.1, 0.15) is 25.7 Å². The fraction of sp³-hybridized carbons (Fsp3) is 0.529. The van der Waals surface area contributed by atoms with Crippen LogP contribution in [0.2, 0.25) is 0 Å². The SMILES string of the molecule is COCCNC(=O)CCCCCN1C(=O)C2C=C(Br)C=CC2=NC1=S. The Bertz CT molecular complexity index is 631. The molecule has 0 saturated heterocycles. The van der Waals surface area contributed by atoms with Crippen LogP contribution in [0.3, 0.4) is 0 Å². The molecule has 0 radical (unpaired) electrons. The van der Waals surface area contributed by atoms with Crippen LogP contribution >= 0.6 is 28.1 Å². The fourth-order valence-electron chi connectivity index (χ4n) is 2.63. The number of unbranched alkanes of at least 4 members (excludes halogenated alkanes) is 2. The van der Waals surface area contributed by atoms with Gasteiger partial charge in [0.15, 0.2) is 0 Å². The number of carbonyl (C=O) groups is 2. The molecule has 1 N–H and O–H groups in total. The van der Waals surface area contributed by atoms with E-state index in [1.54, 1.807) is 12.0 Å². The van der Waals surface area contributed by atoms with Gasteiger partial charge >= 0.3 is 0 Å². The van der Waals surface area contributed by atoms with Crippen molar-refractivity contribution in [3.8, 4) is 0 Å². The minimum absolute atomic E-state index is 0.0276. The van der Waals surface area contributed by atoms with Crippen LogP contribution in [-0.2, 0) is 14.3 Å². The molecule has 8 heteroatoms. The van der Waals surface area contributed by atoms with Crippen molar-refractivity contribution in [1.29, 1.82) is 0 Å². The first-order valence-electron chi connectivity index (χ1n) is 8.28.